The van der Waals surface area contributed by atoms with Crippen LogP contribution in [0.5, 0.6) is 0 Å². The minimum atomic E-state index is -0.368. The standard InChI is InChI=1S/C17H16FNO/c18-14-8-9-16(19-10-4-5-11-19)15(12-14)17(20)13-6-2-1-3-7-13/h1-3,6-9,12H,4-5,10-11H2. The molecule has 102 valence electrons. The van der Waals surface area contributed by atoms with Gasteiger partial charge in [-0.1, -0.05) is 30.3 Å². The molecule has 1 heterocycles. The minimum absolute atomic E-state index is 0.119. The smallest absolute Gasteiger partial charge is 0.195 e. The molecule has 2 aromatic carbocycles. The molecule has 0 unspecified atom stereocenters. The predicted octanol–water partition coefficient (Wildman–Crippen LogP) is 3.66. The number of carbonyl (C=O) groups excluding carboxylic acids is 1. The molecule has 2 aromatic rings. The van der Waals surface area contributed by atoms with E-state index < -0.39 is 0 Å². The van der Waals surface area contributed by atoms with Crippen molar-refractivity contribution < 1.29 is 9.18 Å². The molecule has 20 heavy (non-hydrogen) atoms. The topological polar surface area (TPSA) is 20.3 Å². The van der Waals surface area contributed by atoms with Crippen molar-refractivity contribution in [3.63, 3.8) is 0 Å². The van der Waals surface area contributed by atoms with Gasteiger partial charge in [-0.05, 0) is 31.0 Å². The van der Waals surface area contributed by atoms with Crippen molar-refractivity contribution in [1.82, 2.24) is 0 Å². The maximum absolute atomic E-state index is 13.5. The van der Waals surface area contributed by atoms with Crippen molar-refractivity contribution in [3.8, 4) is 0 Å². The lowest BCUT2D eigenvalue weighted by Crippen LogP contribution is -2.21. The van der Waals surface area contributed by atoms with Crippen LogP contribution in [-0.4, -0.2) is 18.9 Å². The van der Waals surface area contributed by atoms with E-state index in [2.05, 4.69) is 4.90 Å². The first-order chi connectivity index (χ1) is 9.75. The van der Waals surface area contributed by atoms with Crippen molar-refractivity contribution in [2.24, 2.45) is 0 Å². The molecule has 3 rings (SSSR count). The Labute approximate surface area is 117 Å². The first-order valence-corrected chi connectivity index (χ1v) is 6.90. The Morgan fingerprint density at radius 1 is 1.00 bits per heavy atom. The van der Waals surface area contributed by atoms with Crippen LogP contribution in [0.2, 0.25) is 0 Å². The number of rotatable bonds is 3. The van der Waals surface area contributed by atoms with E-state index in [1.54, 1.807) is 18.2 Å². The molecule has 3 heteroatoms. The van der Waals surface area contributed by atoms with Crippen LogP contribution >= 0.6 is 0 Å². The van der Waals surface area contributed by atoms with Crippen molar-refractivity contribution >= 4 is 11.5 Å². The van der Waals surface area contributed by atoms with E-state index in [-0.39, 0.29) is 11.6 Å². The van der Waals surface area contributed by atoms with Crippen molar-refractivity contribution in [2.75, 3.05) is 18.0 Å². The maximum atomic E-state index is 13.5. The van der Waals surface area contributed by atoms with E-state index in [1.807, 2.05) is 18.2 Å². The summed E-state index contributed by atoms with van der Waals surface area (Å²) in [5.74, 6) is -0.487. The van der Waals surface area contributed by atoms with Gasteiger partial charge in [-0.15, -0.1) is 0 Å². The summed E-state index contributed by atoms with van der Waals surface area (Å²) in [6.07, 6.45) is 2.24. The van der Waals surface area contributed by atoms with E-state index in [9.17, 15) is 9.18 Å². The summed E-state index contributed by atoms with van der Waals surface area (Å²) in [4.78, 5) is 14.7. The second-order valence-corrected chi connectivity index (χ2v) is 5.05. The lowest BCUT2D eigenvalue weighted by molar-refractivity contribution is 0.103. The second-order valence-electron chi connectivity index (χ2n) is 5.05. The van der Waals surface area contributed by atoms with Gasteiger partial charge in [0.2, 0.25) is 0 Å². The molecule has 0 bridgehead atoms. The fourth-order valence-corrected chi connectivity index (χ4v) is 2.67. The zero-order valence-electron chi connectivity index (χ0n) is 11.2. The van der Waals surface area contributed by atoms with Gasteiger partial charge in [-0.3, -0.25) is 4.79 Å². The summed E-state index contributed by atoms with van der Waals surface area (Å²) in [6, 6.07) is 13.5. The number of nitrogens with zero attached hydrogens (tertiary/aromatic N) is 1. The summed E-state index contributed by atoms with van der Waals surface area (Å²) in [5, 5.41) is 0. The number of carbonyl (C=O) groups is 1. The second kappa shape index (κ2) is 5.45. The zero-order valence-corrected chi connectivity index (χ0v) is 11.2. The molecular weight excluding hydrogens is 253 g/mol. The minimum Gasteiger partial charge on any atom is -0.371 e. The number of hydrogen-bond acceptors (Lipinski definition) is 2. The molecule has 0 saturated carbocycles. The summed E-state index contributed by atoms with van der Waals surface area (Å²) in [6.45, 7) is 1.86. The van der Waals surface area contributed by atoms with E-state index >= 15 is 0 Å². The number of ketones is 1. The molecule has 0 amide bonds. The quantitative estimate of drug-likeness (QED) is 0.793. The van der Waals surface area contributed by atoms with Crippen molar-refractivity contribution in [2.45, 2.75) is 12.8 Å². The first-order valence-electron chi connectivity index (χ1n) is 6.90. The van der Waals surface area contributed by atoms with Crippen LogP contribution in [0.4, 0.5) is 10.1 Å². The van der Waals surface area contributed by atoms with Crippen LogP contribution in [0.25, 0.3) is 0 Å². The van der Waals surface area contributed by atoms with Gasteiger partial charge in [0.25, 0.3) is 0 Å². The van der Waals surface area contributed by atoms with Crippen molar-refractivity contribution in [1.29, 1.82) is 0 Å². The lowest BCUT2D eigenvalue weighted by atomic mass is 10.0. The number of hydrogen-bond donors (Lipinski definition) is 0. The molecule has 1 aliphatic rings. The Morgan fingerprint density at radius 3 is 2.40 bits per heavy atom. The van der Waals surface area contributed by atoms with Gasteiger partial charge >= 0.3 is 0 Å². The molecule has 0 aromatic heterocycles. The highest BCUT2D eigenvalue weighted by Crippen LogP contribution is 2.27. The van der Waals surface area contributed by atoms with Gasteiger partial charge < -0.3 is 4.90 Å². The van der Waals surface area contributed by atoms with E-state index in [4.69, 9.17) is 0 Å². The molecule has 0 radical (unpaired) electrons. The third-order valence-electron chi connectivity index (χ3n) is 3.69. The molecular formula is C17H16FNO. The van der Waals surface area contributed by atoms with Crippen LogP contribution in [0.15, 0.2) is 48.5 Å². The number of halogens is 1. The Bertz CT molecular complexity index is 618. The molecule has 1 fully saturated rings. The fraction of sp³-hybridized carbons (Fsp3) is 0.235. The van der Waals surface area contributed by atoms with Crippen LogP contribution in [0.1, 0.15) is 28.8 Å². The SMILES string of the molecule is O=C(c1ccccc1)c1cc(F)ccc1N1CCCC1. The molecule has 1 aliphatic heterocycles. The van der Waals surface area contributed by atoms with Crippen LogP contribution in [0.3, 0.4) is 0 Å². The third-order valence-corrected chi connectivity index (χ3v) is 3.69. The van der Waals surface area contributed by atoms with Gasteiger partial charge in [0.15, 0.2) is 5.78 Å². The Kier molecular flexibility index (Phi) is 3.50. The van der Waals surface area contributed by atoms with E-state index in [0.717, 1.165) is 31.6 Å². The molecule has 0 N–H and O–H groups in total. The highest BCUT2D eigenvalue weighted by atomic mass is 19.1. The van der Waals surface area contributed by atoms with Crippen LogP contribution in [0, 0.1) is 5.82 Å². The highest BCUT2D eigenvalue weighted by Gasteiger charge is 2.20. The molecule has 0 aliphatic carbocycles. The Hall–Kier alpha value is -2.16. The van der Waals surface area contributed by atoms with Gasteiger partial charge in [0.1, 0.15) is 5.82 Å². The Morgan fingerprint density at radius 2 is 1.70 bits per heavy atom. The van der Waals surface area contributed by atoms with Gasteiger partial charge in [0, 0.05) is 29.9 Å². The fourth-order valence-electron chi connectivity index (χ4n) is 2.67. The zero-order chi connectivity index (χ0) is 13.9. The summed E-state index contributed by atoms with van der Waals surface area (Å²) >= 11 is 0. The largest absolute Gasteiger partial charge is 0.371 e. The molecule has 1 saturated heterocycles. The first kappa shape index (κ1) is 12.9. The third kappa shape index (κ3) is 2.44. The van der Waals surface area contributed by atoms with Gasteiger partial charge in [-0.25, -0.2) is 4.39 Å². The monoisotopic (exact) mass is 269 g/mol. The lowest BCUT2D eigenvalue weighted by Gasteiger charge is -2.21. The van der Waals surface area contributed by atoms with Gasteiger partial charge in [-0.2, -0.15) is 0 Å². The highest BCUT2D eigenvalue weighted by molar-refractivity contribution is 6.12. The van der Waals surface area contributed by atoms with Gasteiger partial charge in [0.05, 0.1) is 0 Å². The Balaban J connectivity index is 2.03. The average Bonchev–Trinajstić information content (AvgIpc) is 3.01. The van der Waals surface area contributed by atoms with Crippen molar-refractivity contribution in [3.05, 3.63) is 65.5 Å². The predicted molar refractivity (Wildman–Crippen MR) is 77.7 cm³/mol. The normalized spacial score (nSPS) is 14.6. The average molecular weight is 269 g/mol. The summed E-state index contributed by atoms with van der Waals surface area (Å²) < 4.78 is 13.5. The summed E-state index contributed by atoms with van der Waals surface area (Å²) in [7, 11) is 0. The number of benzene rings is 2. The molecule has 2 nitrogen and oxygen atoms in total. The van der Waals surface area contributed by atoms with Crippen LogP contribution in [-0.2, 0) is 0 Å². The van der Waals surface area contributed by atoms with Crippen LogP contribution < -0.4 is 4.90 Å². The number of anilines is 1. The molecule has 0 spiro atoms. The van der Waals surface area contributed by atoms with E-state index in [0.29, 0.717) is 11.1 Å². The summed E-state index contributed by atoms with van der Waals surface area (Å²) in [5.41, 5.74) is 1.90. The molecule has 0 atom stereocenters. The van der Waals surface area contributed by atoms with E-state index in [1.165, 1.54) is 12.1 Å². The maximum Gasteiger partial charge on any atom is 0.195 e.